The van der Waals surface area contributed by atoms with Crippen molar-refractivity contribution in [3.63, 3.8) is 0 Å². The van der Waals surface area contributed by atoms with E-state index in [4.69, 9.17) is 5.73 Å². The summed E-state index contributed by atoms with van der Waals surface area (Å²) in [6.07, 6.45) is 4.45. The fourth-order valence-electron chi connectivity index (χ4n) is 1.78. The molecule has 84 valence electrons. The van der Waals surface area contributed by atoms with Crippen molar-refractivity contribution in [3.8, 4) is 0 Å². The van der Waals surface area contributed by atoms with Crippen molar-refractivity contribution < 1.29 is 4.39 Å². The summed E-state index contributed by atoms with van der Waals surface area (Å²) in [6.45, 7) is 4.15. The molecule has 0 heterocycles. The first-order valence-electron chi connectivity index (χ1n) is 5.66. The summed E-state index contributed by atoms with van der Waals surface area (Å²) in [5.74, 6) is -0.193. The molecule has 15 heavy (non-hydrogen) atoms. The Labute approximate surface area is 91.5 Å². The minimum Gasteiger partial charge on any atom is -0.324 e. The largest absolute Gasteiger partial charge is 0.324 e. The highest BCUT2D eigenvalue weighted by atomic mass is 19.1. The first kappa shape index (κ1) is 12.2. The molecule has 0 bridgehead atoms. The van der Waals surface area contributed by atoms with Crippen LogP contribution in [0.3, 0.4) is 0 Å². The molecule has 0 unspecified atom stereocenters. The Hall–Kier alpha value is -0.890. The Morgan fingerprint density at radius 3 is 2.73 bits per heavy atom. The van der Waals surface area contributed by atoms with Crippen LogP contribution in [0.15, 0.2) is 18.2 Å². The lowest BCUT2D eigenvalue weighted by Crippen LogP contribution is -2.12. The second-order valence-electron chi connectivity index (χ2n) is 4.10. The molecule has 0 fully saturated rings. The summed E-state index contributed by atoms with van der Waals surface area (Å²) in [5.41, 5.74) is 8.07. The number of rotatable bonds is 5. The van der Waals surface area contributed by atoms with Crippen LogP contribution in [-0.4, -0.2) is 0 Å². The van der Waals surface area contributed by atoms with Gasteiger partial charge in [0.1, 0.15) is 5.82 Å². The number of aryl methyl sites for hydroxylation is 1. The SMILES string of the molecule is CCCCC[C@@H](N)c1cc(F)ccc1C. The number of halogens is 1. The Balaban J connectivity index is 2.64. The lowest BCUT2D eigenvalue weighted by atomic mass is 9.97. The van der Waals surface area contributed by atoms with Crippen LogP contribution in [0.1, 0.15) is 49.8 Å². The Bertz CT molecular complexity index is 309. The minimum absolute atomic E-state index is 0.0211. The quantitative estimate of drug-likeness (QED) is 0.735. The van der Waals surface area contributed by atoms with E-state index in [-0.39, 0.29) is 11.9 Å². The highest BCUT2D eigenvalue weighted by Gasteiger charge is 2.09. The molecular weight excluding hydrogens is 189 g/mol. The van der Waals surface area contributed by atoms with Crippen molar-refractivity contribution in [1.82, 2.24) is 0 Å². The van der Waals surface area contributed by atoms with E-state index in [0.29, 0.717) is 0 Å². The monoisotopic (exact) mass is 209 g/mol. The second-order valence-corrected chi connectivity index (χ2v) is 4.10. The second kappa shape index (κ2) is 5.86. The number of unbranched alkanes of at least 4 members (excludes halogenated alkanes) is 2. The number of nitrogens with two attached hydrogens (primary N) is 1. The Morgan fingerprint density at radius 2 is 2.07 bits per heavy atom. The third-order valence-electron chi connectivity index (χ3n) is 2.76. The fourth-order valence-corrected chi connectivity index (χ4v) is 1.78. The van der Waals surface area contributed by atoms with Crippen molar-refractivity contribution in [1.29, 1.82) is 0 Å². The average molecular weight is 209 g/mol. The van der Waals surface area contributed by atoms with Gasteiger partial charge in [-0.2, -0.15) is 0 Å². The van der Waals surface area contributed by atoms with Gasteiger partial charge in [0.15, 0.2) is 0 Å². The standard InChI is InChI=1S/C13H20FN/c1-3-4-5-6-13(15)12-9-11(14)8-7-10(12)2/h7-9,13H,3-6,15H2,1-2H3/t13-/m1/s1. The summed E-state index contributed by atoms with van der Waals surface area (Å²) in [6, 6.07) is 4.82. The molecule has 0 spiro atoms. The maximum Gasteiger partial charge on any atom is 0.123 e. The van der Waals surface area contributed by atoms with Crippen LogP contribution in [-0.2, 0) is 0 Å². The van der Waals surface area contributed by atoms with Gasteiger partial charge in [-0.15, -0.1) is 0 Å². The van der Waals surface area contributed by atoms with Gasteiger partial charge in [0.25, 0.3) is 0 Å². The van der Waals surface area contributed by atoms with E-state index in [1.165, 1.54) is 18.9 Å². The van der Waals surface area contributed by atoms with Crippen LogP contribution >= 0.6 is 0 Å². The third kappa shape index (κ3) is 3.63. The van der Waals surface area contributed by atoms with Gasteiger partial charge in [-0.1, -0.05) is 32.3 Å². The molecule has 0 aliphatic heterocycles. The molecule has 1 aromatic carbocycles. The van der Waals surface area contributed by atoms with Crippen molar-refractivity contribution in [2.24, 2.45) is 5.73 Å². The molecule has 0 aliphatic rings. The summed E-state index contributed by atoms with van der Waals surface area (Å²) in [5, 5.41) is 0. The van der Waals surface area contributed by atoms with Crippen LogP contribution in [0, 0.1) is 12.7 Å². The third-order valence-corrected chi connectivity index (χ3v) is 2.76. The number of hydrogen-bond acceptors (Lipinski definition) is 1. The number of benzene rings is 1. The van der Waals surface area contributed by atoms with Crippen LogP contribution in [0.25, 0.3) is 0 Å². The summed E-state index contributed by atoms with van der Waals surface area (Å²) in [4.78, 5) is 0. The summed E-state index contributed by atoms with van der Waals surface area (Å²) < 4.78 is 13.0. The van der Waals surface area contributed by atoms with E-state index in [2.05, 4.69) is 6.92 Å². The Kier molecular flexibility index (Phi) is 4.76. The fraction of sp³-hybridized carbons (Fsp3) is 0.538. The summed E-state index contributed by atoms with van der Waals surface area (Å²) in [7, 11) is 0. The lowest BCUT2D eigenvalue weighted by molar-refractivity contribution is 0.570. The average Bonchev–Trinajstić information content (AvgIpc) is 2.22. The molecule has 1 aromatic rings. The summed E-state index contributed by atoms with van der Waals surface area (Å²) >= 11 is 0. The van der Waals surface area contributed by atoms with Gasteiger partial charge in [-0.05, 0) is 36.6 Å². The molecule has 0 aliphatic carbocycles. The molecule has 0 amide bonds. The molecule has 2 heteroatoms. The van der Waals surface area contributed by atoms with E-state index in [1.807, 2.05) is 6.92 Å². The highest BCUT2D eigenvalue weighted by molar-refractivity contribution is 5.29. The zero-order valence-electron chi connectivity index (χ0n) is 9.59. The van der Waals surface area contributed by atoms with Crippen molar-refractivity contribution in [2.45, 2.75) is 45.6 Å². The first-order chi connectivity index (χ1) is 7.15. The zero-order chi connectivity index (χ0) is 11.3. The van der Waals surface area contributed by atoms with Crippen LogP contribution in [0.2, 0.25) is 0 Å². The van der Waals surface area contributed by atoms with E-state index >= 15 is 0 Å². The predicted octanol–water partition coefficient (Wildman–Crippen LogP) is 3.71. The van der Waals surface area contributed by atoms with E-state index in [9.17, 15) is 4.39 Å². The van der Waals surface area contributed by atoms with Gasteiger partial charge in [0.2, 0.25) is 0 Å². The molecular formula is C13H20FN. The molecule has 0 radical (unpaired) electrons. The lowest BCUT2D eigenvalue weighted by Gasteiger charge is -2.14. The molecule has 0 saturated heterocycles. The van der Waals surface area contributed by atoms with E-state index in [1.54, 1.807) is 12.1 Å². The van der Waals surface area contributed by atoms with Crippen LogP contribution in [0.4, 0.5) is 4.39 Å². The van der Waals surface area contributed by atoms with Gasteiger partial charge >= 0.3 is 0 Å². The molecule has 1 rings (SSSR count). The highest BCUT2D eigenvalue weighted by Crippen LogP contribution is 2.21. The molecule has 2 N–H and O–H groups in total. The molecule has 1 atom stereocenters. The van der Waals surface area contributed by atoms with Crippen LogP contribution in [0.5, 0.6) is 0 Å². The van der Waals surface area contributed by atoms with Gasteiger partial charge in [0, 0.05) is 6.04 Å². The molecule has 1 nitrogen and oxygen atoms in total. The minimum atomic E-state index is -0.193. The zero-order valence-corrected chi connectivity index (χ0v) is 9.59. The van der Waals surface area contributed by atoms with Crippen molar-refractivity contribution in [3.05, 3.63) is 35.1 Å². The van der Waals surface area contributed by atoms with E-state index < -0.39 is 0 Å². The van der Waals surface area contributed by atoms with Gasteiger partial charge in [0.05, 0.1) is 0 Å². The topological polar surface area (TPSA) is 26.0 Å². The van der Waals surface area contributed by atoms with Crippen molar-refractivity contribution >= 4 is 0 Å². The van der Waals surface area contributed by atoms with E-state index in [0.717, 1.165) is 24.0 Å². The van der Waals surface area contributed by atoms with Crippen molar-refractivity contribution in [2.75, 3.05) is 0 Å². The van der Waals surface area contributed by atoms with Gasteiger partial charge < -0.3 is 5.73 Å². The smallest absolute Gasteiger partial charge is 0.123 e. The maximum absolute atomic E-state index is 13.0. The number of hydrogen-bond donors (Lipinski definition) is 1. The van der Waals surface area contributed by atoms with Crippen LogP contribution < -0.4 is 5.73 Å². The normalized spacial score (nSPS) is 12.8. The predicted molar refractivity (Wildman–Crippen MR) is 62.2 cm³/mol. The molecule has 0 aromatic heterocycles. The van der Waals surface area contributed by atoms with Gasteiger partial charge in [-0.3, -0.25) is 0 Å². The Morgan fingerprint density at radius 1 is 1.33 bits per heavy atom. The first-order valence-corrected chi connectivity index (χ1v) is 5.66. The van der Waals surface area contributed by atoms with Gasteiger partial charge in [-0.25, -0.2) is 4.39 Å². The molecule has 0 saturated carbocycles. The maximum atomic E-state index is 13.0.